The fourth-order valence-electron chi connectivity index (χ4n) is 5.13. The second kappa shape index (κ2) is 8.42. The summed E-state index contributed by atoms with van der Waals surface area (Å²) in [6.45, 7) is 0. The molecule has 1 N–H and O–H groups in total. The maximum Gasteiger partial charge on any atom is 0.0479 e. The molecule has 0 aliphatic heterocycles. The van der Waals surface area contributed by atoms with Gasteiger partial charge in [-0.25, -0.2) is 0 Å². The Morgan fingerprint density at radius 3 is 2.27 bits per heavy atom. The summed E-state index contributed by atoms with van der Waals surface area (Å²) in [6, 6.07) is 32.7. The van der Waals surface area contributed by atoms with E-state index in [1.165, 1.54) is 33.0 Å². The van der Waals surface area contributed by atoms with E-state index in [9.17, 15) is 0 Å². The smallest absolute Gasteiger partial charge is 0.0479 e. The van der Waals surface area contributed by atoms with E-state index in [1.54, 1.807) is 0 Å². The normalized spacial score (nSPS) is 16.5. The highest BCUT2D eigenvalue weighted by Crippen LogP contribution is 2.38. The van der Waals surface area contributed by atoms with Gasteiger partial charge in [-0.3, -0.25) is 0 Å². The molecule has 2 unspecified atom stereocenters. The molecule has 1 aliphatic rings. The van der Waals surface area contributed by atoms with Gasteiger partial charge in [0.1, 0.15) is 0 Å². The lowest BCUT2D eigenvalue weighted by Gasteiger charge is -2.26. The predicted molar refractivity (Wildman–Crippen MR) is 141 cm³/mol. The highest BCUT2D eigenvalue weighted by molar-refractivity contribution is 6.31. The van der Waals surface area contributed by atoms with E-state index >= 15 is 0 Å². The molecule has 1 heterocycles. The van der Waals surface area contributed by atoms with Crippen molar-refractivity contribution in [3.05, 3.63) is 131 Å². The fraction of sp³-hybridized carbons (Fsp3) is 0.0968. The predicted octanol–water partition coefficient (Wildman–Crippen LogP) is 8.91. The Balaban J connectivity index is 1.38. The molecule has 0 fully saturated rings. The van der Waals surface area contributed by atoms with Crippen LogP contribution in [-0.4, -0.2) is 4.98 Å². The number of aromatic amines is 1. The van der Waals surface area contributed by atoms with Crippen molar-refractivity contribution in [2.75, 3.05) is 0 Å². The number of benzene rings is 4. The quantitative estimate of drug-likeness (QED) is 0.284. The molecule has 6 rings (SSSR count). The van der Waals surface area contributed by atoms with Gasteiger partial charge in [0.25, 0.3) is 0 Å². The number of hydrogen-bond donors (Lipinski definition) is 1. The standard InChI is InChI=1S/C31H24ClN/c32-26-16-17-27-28-19-25(15-18-29(28)33-30(27)20-26)21-11-13-24(14-12-21)31(22-7-3-1-4-8-22)23-9-5-2-6-10-23/h1-9,11-20,23,31,33H,10H2. The first kappa shape index (κ1) is 20.1. The number of halogens is 1. The van der Waals surface area contributed by atoms with Crippen LogP contribution in [-0.2, 0) is 0 Å². The number of aromatic nitrogens is 1. The second-order valence-electron chi connectivity index (χ2n) is 8.80. The second-order valence-corrected chi connectivity index (χ2v) is 9.23. The fourth-order valence-corrected chi connectivity index (χ4v) is 5.30. The van der Waals surface area contributed by atoms with E-state index in [0.29, 0.717) is 11.8 Å². The van der Waals surface area contributed by atoms with Gasteiger partial charge in [0.15, 0.2) is 0 Å². The highest BCUT2D eigenvalue weighted by atomic mass is 35.5. The molecule has 2 heteroatoms. The van der Waals surface area contributed by atoms with E-state index in [-0.39, 0.29) is 0 Å². The summed E-state index contributed by atoms with van der Waals surface area (Å²) in [6.07, 6.45) is 10.0. The maximum absolute atomic E-state index is 6.19. The van der Waals surface area contributed by atoms with E-state index in [1.807, 2.05) is 12.1 Å². The Labute approximate surface area is 199 Å². The number of rotatable bonds is 4. The molecule has 0 spiro atoms. The van der Waals surface area contributed by atoms with Crippen LogP contribution in [0.15, 0.2) is 115 Å². The van der Waals surface area contributed by atoms with Crippen LogP contribution in [0.4, 0.5) is 0 Å². The Kier molecular flexibility index (Phi) is 5.13. The van der Waals surface area contributed by atoms with Gasteiger partial charge < -0.3 is 4.98 Å². The van der Waals surface area contributed by atoms with Gasteiger partial charge in [-0.15, -0.1) is 0 Å². The van der Waals surface area contributed by atoms with Crippen LogP contribution < -0.4 is 0 Å². The molecular weight excluding hydrogens is 422 g/mol. The van der Waals surface area contributed by atoms with Gasteiger partial charge in [0, 0.05) is 32.7 Å². The Hall–Kier alpha value is -3.55. The monoisotopic (exact) mass is 445 g/mol. The summed E-state index contributed by atoms with van der Waals surface area (Å²) >= 11 is 6.19. The molecular formula is C31H24ClN. The molecule has 2 atom stereocenters. The van der Waals surface area contributed by atoms with Crippen molar-refractivity contribution in [3.63, 3.8) is 0 Å². The van der Waals surface area contributed by atoms with E-state index in [0.717, 1.165) is 22.5 Å². The van der Waals surface area contributed by atoms with Crippen molar-refractivity contribution in [3.8, 4) is 11.1 Å². The third-order valence-corrected chi connectivity index (χ3v) is 7.00. The lowest BCUT2D eigenvalue weighted by Crippen LogP contribution is -2.13. The van der Waals surface area contributed by atoms with Crippen molar-refractivity contribution >= 4 is 33.4 Å². The van der Waals surface area contributed by atoms with Crippen molar-refractivity contribution in [2.24, 2.45) is 5.92 Å². The Bertz CT molecular complexity index is 1490. The zero-order valence-electron chi connectivity index (χ0n) is 18.2. The largest absolute Gasteiger partial charge is 0.354 e. The molecule has 5 aromatic rings. The first-order chi connectivity index (χ1) is 16.3. The van der Waals surface area contributed by atoms with Crippen LogP contribution in [0.1, 0.15) is 23.5 Å². The van der Waals surface area contributed by atoms with Crippen molar-refractivity contribution in [1.82, 2.24) is 4.98 Å². The number of fused-ring (bicyclic) bond motifs is 3. The summed E-state index contributed by atoms with van der Waals surface area (Å²) in [7, 11) is 0. The zero-order chi connectivity index (χ0) is 22.2. The van der Waals surface area contributed by atoms with E-state index in [2.05, 4.69) is 108 Å². The molecule has 1 nitrogen and oxygen atoms in total. The van der Waals surface area contributed by atoms with Crippen LogP contribution in [0.5, 0.6) is 0 Å². The third kappa shape index (κ3) is 3.79. The Morgan fingerprint density at radius 2 is 1.48 bits per heavy atom. The lowest BCUT2D eigenvalue weighted by atomic mass is 9.77. The van der Waals surface area contributed by atoms with E-state index < -0.39 is 0 Å². The Morgan fingerprint density at radius 1 is 0.697 bits per heavy atom. The summed E-state index contributed by atoms with van der Waals surface area (Å²) in [5, 5.41) is 3.18. The van der Waals surface area contributed by atoms with Gasteiger partial charge in [-0.2, -0.15) is 0 Å². The maximum atomic E-state index is 6.19. The van der Waals surface area contributed by atoms with Crippen LogP contribution in [0.2, 0.25) is 5.02 Å². The summed E-state index contributed by atoms with van der Waals surface area (Å²) < 4.78 is 0. The van der Waals surface area contributed by atoms with E-state index in [4.69, 9.17) is 11.6 Å². The number of allylic oxidation sites excluding steroid dienone is 4. The van der Waals surface area contributed by atoms with Crippen LogP contribution >= 0.6 is 11.6 Å². The lowest BCUT2D eigenvalue weighted by molar-refractivity contribution is 0.573. The van der Waals surface area contributed by atoms with Crippen molar-refractivity contribution < 1.29 is 0 Å². The minimum absolute atomic E-state index is 0.349. The molecule has 0 saturated heterocycles. The topological polar surface area (TPSA) is 15.8 Å². The van der Waals surface area contributed by atoms with Crippen molar-refractivity contribution in [2.45, 2.75) is 12.3 Å². The first-order valence-electron chi connectivity index (χ1n) is 11.5. The number of H-pyrrole nitrogens is 1. The molecule has 0 amide bonds. The average molecular weight is 446 g/mol. The minimum Gasteiger partial charge on any atom is -0.354 e. The highest BCUT2D eigenvalue weighted by Gasteiger charge is 2.23. The molecule has 4 aromatic carbocycles. The van der Waals surface area contributed by atoms with Gasteiger partial charge >= 0.3 is 0 Å². The van der Waals surface area contributed by atoms with Crippen LogP contribution in [0, 0.1) is 5.92 Å². The summed E-state index contributed by atoms with van der Waals surface area (Å²) in [4.78, 5) is 3.48. The zero-order valence-corrected chi connectivity index (χ0v) is 19.0. The first-order valence-corrected chi connectivity index (χ1v) is 11.8. The van der Waals surface area contributed by atoms with Crippen LogP contribution in [0.3, 0.4) is 0 Å². The number of nitrogens with one attached hydrogen (secondary N) is 1. The molecule has 33 heavy (non-hydrogen) atoms. The average Bonchev–Trinajstić information content (AvgIpc) is 3.23. The van der Waals surface area contributed by atoms with Gasteiger partial charge in [0.2, 0.25) is 0 Å². The van der Waals surface area contributed by atoms with Crippen molar-refractivity contribution in [1.29, 1.82) is 0 Å². The molecule has 1 aliphatic carbocycles. The molecule has 1 aromatic heterocycles. The SMILES string of the molecule is Clc1ccc2c(c1)[nH]c1ccc(-c3ccc(C(c4ccccc4)C4C=CC=CC4)cc3)cc12. The molecule has 160 valence electrons. The summed E-state index contributed by atoms with van der Waals surface area (Å²) in [5.74, 6) is 0.819. The molecule has 0 bridgehead atoms. The number of hydrogen-bond acceptors (Lipinski definition) is 0. The third-order valence-electron chi connectivity index (χ3n) is 6.76. The molecule has 0 radical (unpaired) electrons. The van der Waals surface area contributed by atoms with Crippen LogP contribution in [0.25, 0.3) is 32.9 Å². The summed E-state index contributed by atoms with van der Waals surface area (Å²) in [5.41, 5.74) is 7.39. The van der Waals surface area contributed by atoms with Gasteiger partial charge in [-0.05, 0) is 58.9 Å². The molecule has 0 saturated carbocycles. The van der Waals surface area contributed by atoms with Gasteiger partial charge in [0.05, 0.1) is 0 Å². The minimum atomic E-state index is 0.349. The van der Waals surface area contributed by atoms with Gasteiger partial charge in [-0.1, -0.05) is 103 Å².